The van der Waals surface area contributed by atoms with Crippen LogP contribution >= 0.6 is 31.9 Å². The summed E-state index contributed by atoms with van der Waals surface area (Å²) in [5, 5.41) is 0. The van der Waals surface area contributed by atoms with Crippen molar-refractivity contribution in [3.8, 4) is 5.75 Å². The molecule has 0 amide bonds. The highest BCUT2D eigenvalue weighted by atomic mass is 79.9. The Morgan fingerprint density at radius 1 is 1.25 bits per heavy atom. The summed E-state index contributed by atoms with van der Waals surface area (Å²) in [5.74, 6) is -1.03. The van der Waals surface area contributed by atoms with Gasteiger partial charge in [-0.1, -0.05) is 0 Å². The van der Waals surface area contributed by atoms with E-state index in [1.807, 2.05) is 0 Å². The number of halogens is 7. The van der Waals surface area contributed by atoms with Gasteiger partial charge in [-0.3, -0.25) is 0 Å². The Morgan fingerprint density at radius 3 is 2.25 bits per heavy atom. The summed E-state index contributed by atoms with van der Waals surface area (Å²) in [6, 6.07) is 0. The molecule has 9 heteroatoms. The van der Waals surface area contributed by atoms with Gasteiger partial charge in [-0.2, -0.15) is 0 Å². The SMILES string of the molecule is FC(F)c1c(OC(F)(F)F)cnc(Br)c1Br. The van der Waals surface area contributed by atoms with E-state index >= 15 is 0 Å². The van der Waals surface area contributed by atoms with Gasteiger partial charge in [0.2, 0.25) is 0 Å². The van der Waals surface area contributed by atoms with Crippen molar-refractivity contribution in [1.82, 2.24) is 4.98 Å². The zero-order valence-corrected chi connectivity index (χ0v) is 10.3. The first kappa shape index (κ1) is 13.6. The van der Waals surface area contributed by atoms with Crippen LogP contribution in [0.25, 0.3) is 0 Å². The third-order valence-corrected chi connectivity index (χ3v) is 3.36. The minimum atomic E-state index is -5.04. The first-order chi connectivity index (χ1) is 7.22. The summed E-state index contributed by atoms with van der Waals surface area (Å²) in [7, 11) is 0. The first-order valence-electron chi connectivity index (χ1n) is 3.60. The van der Waals surface area contributed by atoms with Gasteiger partial charge in [-0.25, -0.2) is 13.8 Å². The van der Waals surface area contributed by atoms with Gasteiger partial charge in [0, 0.05) is 0 Å². The summed E-state index contributed by atoms with van der Waals surface area (Å²) < 4.78 is 63.9. The van der Waals surface area contributed by atoms with E-state index in [0.717, 1.165) is 0 Å². The summed E-state index contributed by atoms with van der Waals surface area (Å²) >= 11 is 5.50. The highest BCUT2D eigenvalue weighted by Gasteiger charge is 2.34. The maximum atomic E-state index is 12.5. The van der Waals surface area contributed by atoms with Crippen molar-refractivity contribution >= 4 is 31.9 Å². The fourth-order valence-electron chi connectivity index (χ4n) is 0.870. The van der Waals surface area contributed by atoms with Gasteiger partial charge in [0.05, 0.1) is 16.2 Å². The lowest BCUT2D eigenvalue weighted by Crippen LogP contribution is -2.18. The van der Waals surface area contributed by atoms with Crippen molar-refractivity contribution in [2.75, 3.05) is 0 Å². The molecule has 0 bridgehead atoms. The molecule has 1 aromatic rings. The number of aromatic nitrogens is 1. The Hall–Kier alpha value is -0.440. The van der Waals surface area contributed by atoms with E-state index in [0.29, 0.717) is 6.20 Å². The second-order valence-corrected chi connectivity index (χ2v) is 4.03. The van der Waals surface area contributed by atoms with Crippen molar-refractivity contribution in [2.24, 2.45) is 0 Å². The molecule has 16 heavy (non-hydrogen) atoms. The van der Waals surface area contributed by atoms with Crippen LogP contribution in [0.3, 0.4) is 0 Å². The molecule has 90 valence electrons. The molecule has 2 nitrogen and oxygen atoms in total. The molecule has 0 aliphatic rings. The average molecular weight is 371 g/mol. The maximum absolute atomic E-state index is 12.5. The third-order valence-electron chi connectivity index (χ3n) is 1.42. The molecule has 0 radical (unpaired) electrons. The Balaban J connectivity index is 3.24. The lowest BCUT2D eigenvalue weighted by Gasteiger charge is -2.14. The van der Waals surface area contributed by atoms with Gasteiger partial charge in [0.1, 0.15) is 4.60 Å². The highest BCUT2D eigenvalue weighted by molar-refractivity contribution is 9.13. The molecule has 0 atom stereocenters. The molecule has 0 fully saturated rings. The largest absolute Gasteiger partial charge is 0.573 e. The van der Waals surface area contributed by atoms with Crippen LogP contribution in [0.5, 0.6) is 5.75 Å². The lowest BCUT2D eigenvalue weighted by atomic mass is 10.2. The Morgan fingerprint density at radius 2 is 1.81 bits per heavy atom. The summed E-state index contributed by atoms with van der Waals surface area (Å²) in [4.78, 5) is 3.42. The number of hydrogen-bond acceptors (Lipinski definition) is 2. The summed E-state index contributed by atoms with van der Waals surface area (Å²) in [6.07, 6.45) is -7.59. The zero-order valence-electron chi connectivity index (χ0n) is 7.16. The fourth-order valence-corrected chi connectivity index (χ4v) is 1.66. The molecule has 0 unspecified atom stereocenters. The van der Waals surface area contributed by atoms with Crippen molar-refractivity contribution in [3.63, 3.8) is 0 Å². The monoisotopic (exact) mass is 369 g/mol. The smallest absolute Gasteiger partial charge is 0.404 e. The molecule has 0 N–H and O–H groups in total. The third kappa shape index (κ3) is 3.27. The predicted octanol–water partition coefficient (Wildman–Crippen LogP) is 4.44. The molecule has 1 rings (SSSR count). The number of pyridine rings is 1. The number of rotatable bonds is 2. The van der Waals surface area contributed by atoms with Crippen molar-refractivity contribution in [2.45, 2.75) is 12.8 Å². The topological polar surface area (TPSA) is 22.1 Å². The Kier molecular flexibility index (Phi) is 4.11. The molecule has 0 saturated carbocycles. The predicted molar refractivity (Wildman–Crippen MR) is 51.3 cm³/mol. The van der Waals surface area contributed by atoms with Gasteiger partial charge >= 0.3 is 6.36 Å². The van der Waals surface area contributed by atoms with E-state index in [-0.39, 0.29) is 9.08 Å². The lowest BCUT2D eigenvalue weighted by molar-refractivity contribution is -0.275. The zero-order chi connectivity index (χ0) is 12.5. The number of alkyl halides is 5. The van der Waals surface area contributed by atoms with Crippen LogP contribution in [0.15, 0.2) is 15.3 Å². The number of hydrogen-bond donors (Lipinski definition) is 0. The Labute approximate surface area is 103 Å². The molecule has 0 aliphatic carbocycles. The van der Waals surface area contributed by atoms with Crippen molar-refractivity contribution in [1.29, 1.82) is 0 Å². The quantitative estimate of drug-likeness (QED) is 0.567. The second kappa shape index (κ2) is 4.82. The molecule has 0 spiro atoms. The van der Waals surface area contributed by atoms with Gasteiger partial charge in [0.25, 0.3) is 6.43 Å². The maximum Gasteiger partial charge on any atom is 0.573 e. The minimum Gasteiger partial charge on any atom is -0.404 e. The highest BCUT2D eigenvalue weighted by Crippen LogP contribution is 2.40. The normalized spacial score (nSPS) is 12.0. The average Bonchev–Trinajstić information content (AvgIpc) is 2.08. The standard InChI is InChI=1S/C7H2Br2F5NO/c8-4-3(6(10)11)2(1-15-5(4)9)16-7(12,13)14/h1,6H. The molecule has 0 saturated heterocycles. The number of nitrogens with zero attached hydrogens (tertiary/aromatic N) is 1. The number of ether oxygens (including phenoxy) is 1. The fraction of sp³-hybridized carbons (Fsp3) is 0.286. The van der Waals surface area contributed by atoms with Gasteiger partial charge < -0.3 is 4.74 Å². The van der Waals surface area contributed by atoms with Crippen LogP contribution in [0.2, 0.25) is 0 Å². The van der Waals surface area contributed by atoms with E-state index in [9.17, 15) is 22.0 Å². The van der Waals surface area contributed by atoms with E-state index in [2.05, 4.69) is 41.6 Å². The van der Waals surface area contributed by atoms with Gasteiger partial charge in [-0.05, 0) is 31.9 Å². The summed E-state index contributed by atoms with van der Waals surface area (Å²) in [6.45, 7) is 0. The first-order valence-corrected chi connectivity index (χ1v) is 5.18. The van der Waals surface area contributed by atoms with Crippen LogP contribution in [-0.4, -0.2) is 11.3 Å². The van der Waals surface area contributed by atoms with Crippen LogP contribution in [0.4, 0.5) is 22.0 Å². The summed E-state index contributed by atoms with van der Waals surface area (Å²) in [5.41, 5.74) is -0.904. The van der Waals surface area contributed by atoms with Gasteiger partial charge in [0.15, 0.2) is 5.75 Å². The van der Waals surface area contributed by atoms with Gasteiger partial charge in [-0.15, -0.1) is 13.2 Å². The van der Waals surface area contributed by atoms with Crippen LogP contribution in [0, 0.1) is 0 Å². The van der Waals surface area contributed by atoms with Crippen LogP contribution in [-0.2, 0) is 0 Å². The molecule has 0 aliphatic heterocycles. The molecule has 1 heterocycles. The molecular formula is C7H2Br2F5NO. The van der Waals surface area contributed by atoms with Crippen molar-refractivity contribution in [3.05, 3.63) is 20.8 Å². The molecule has 1 aromatic heterocycles. The van der Waals surface area contributed by atoms with E-state index in [4.69, 9.17) is 0 Å². The van der Waals surface area contributed by atoms with E-state index < -0.39 is 24.1 Å². The van der Waals surface area contributed by atoms with E-state index in [1.165, 1.54) is 0 Å². The molecule has 0 aromatic carbocycles. The second-order valence-electron chi connectivity index (χ2n) is 2.49. The molecular weight excluding hydrogens is 369 g/mol. The van der Waals surface area contributed by atoms with Crippen LogP contribution in [0.1, 0.15) is 12.0 Å². The van der Waals surface area contributed by atoms with Crippen molar-refractivity contribution < 1.29 is 26.7 Å². The van der Waals surface area contributed by atoms with Crippen LogP contribution < -0.4 is 4.74 Å². The Bertz CT molecular complexity index is 395. The minimum absolute atomic E-state index is 0.0303. The van der Waals surface area contributed by atoms with E-state index in [1.54, 1.807) is 0 Å².